The second-order valence-electron chi connectivity index (χ2n) is 8.50. The van der Waals surface area contributed by atoms with Gasteiger partial charge in [-0.2, -0.15) is 0 Å². The molecule has 4 atom stereocenters. The molecule has 8 nitrogen and oxygen atoms in total. The van der Waals surface area contributed by atoms with Crippen molar-refractivity contribution >= 4 is 5.91 Å². The first kappa shape index (κ1) is 22.2. The van der Waals surface area contributed by atoms with Gasteiger partial charge in [-0.3, -0.25) is 9.78 Å². The molecular weight excluding hydrogens is 432 g/mol. The van der Waals surface area contributed by atoms with Gasteiger partial charge < -0.3 is 19.5 Å². The Labute approximate surface area is 198 Å². The molecule has 2 fully saturated rings. The number of aromatic hydroxyl groups is 1. The first-order valence-corrected chi connectivity index (χ1v) is 11.4. The molecule has 2 saturated heterocycles. The first-order valence-electron chi connectivity index (χ1n) is 11.4. The minimum absolute atomic E-state index is 0.00266. The number of amides is 1. The van der Waals surface area contributed by atoms with Gasteiger partial charge in [0.25, 0.3) is 0 Å². The fraction of sp³-hybridized carbons (Fsp3) is 0.308. The second kappa shape index (κ2) is 9.32. The zero-order chi connectivity index (χ0) is 23.7. The minimum atomic E-state index is -0.441. The van der Waals surface area contributed by atoms with E-state index in [1.165, 1.54) is 0 Å². The van der Waals surface area contributed by atoms with Crippen LogP contribution in [0.4, 0.5) is 0 Å². The Hall–Kier alpha value is -3.62. The third-order valence-electron chi connectivity index (χ3n) is 6.59. The Bertz CT molecular complexity index is 1170. The number of phenolic OH excluding ortho intramolecular Hbond substituents is 1. The van der Waals surface area contributed by atoms with E-state index in [1.807, 2.05) is 54.3 Å². The number of para-hydroxylation sites is 1. The van der Waals surface area contributed by atoms with Gasteiger partial charge in [0.15, 0.2) is 11.5 Å². The van der Waals surface area contributed by atoms with Crippen molar-refractivity contribution in [1.82, 2.24) is 20.7 Å². The molecule has 0 aliphatic carbocycles. The summed E-state index contributed by atoms with van der Waals surface area (Å²) in [6.07, 6.45) is 3.50. The summed E-state index contributed by atoms with van der Waals surface area (Å²) in [5, 5.41) is 10.6. The molecule has 3 heterocycles. The number of fused-ring (bicyclic) bond motifs is 1. The number of carbonyl (C=O) groups is 1. The fourth-order valence-corrected chi connectivity index (χ4v) is 5.12. The lowest BCUT2D eigenvalue weighted by molar-refractivity contribution is -0.131. The summed E-state index contributed by atoms with van der Waals surface area (Å²) < 4.78 is 11.3. The number of phenols is 1. The van der Waals surface area contributed by atoms with Crippen molar-refractivity contribution in [3.63, 3.8) is 0 Å². The Balaban J connectivity index is 1.59. The Morgan fingerprint density at radius 1 is 1.06 bits per heavy atom. The van der Waals surface area contributed by atoms with Gasteiger partial charge in [-0.05, 0) is 42.3 Å². The largest absolute Gasteiger partial charge is 0.508 e. The van der Waals surface area contributed by atoms with Gasteiger partial charge in [-0.15, -0.1) is 0 Å². The molecule has 5 rings (SSSR count). The van der Waals surface area contributed by atoms with Crippen molar-refractivity contribution in [2.75, 3.05) is 13.7 Å². The molecular formula is C26H28N4O4. The van der Waals surface area contributed by atoms with E-state index in [-0.39, 0.29) is 29.7 Å². The fourth-order valence-electron chi connectivity index (χ4n) is 5.12. The van der Waals surface area contributed by atoms with Crippen molar-refractivity contribution in [3.05, 3.63) is 83.7 Å². The number of methoxy groups -OCH3 is 1. The highest BCUT2D eigenvalue weighted by molar-refractivity contribution is 5.86. The van der Waals surface area contributed by atoms with Crippen LogP contribution in [0.3, 0.4) is 0 Å². The number of ether oxygens (including phenoxy) is 2. The van der Waals surface area contributed by atoms with Crippen molar-refractivity contribution in [3.8, 4) is 17.2 Å². The van der Waals surface area contributed by atoms with E-state index in [0.29, 0.717) is 24.7 Å². The number of likely N-dealkylation sites (tertiary alicyclic amines) is 1. The predicted octanol–water partition coefficient (Wildman–Crippen LogP) is 3.11. The molecule has 1 amide bonds. The van der Waals surface area contributed by atoms with E-state index in [0.717, 1.165) is 16.7 Å². The average Bonchev–Trinajstić information content (AvgIpc) is 3.40. The molecule has 8 heteroatoms. The van der Waals surface area contributed by atoms with Crippen molar-refractivity contribution in [2.24, 2.45) is 5.92 Å². The van der Waals surface area contributed by atoms with E-state index in [2.05, 4.69) is 15.8 Å². The molecule has 0 bridgehead atoms. The summed E-state index contributed by atoms with van der Waals surface area (Å²) in [7, 11) is 1.61. The molecule has 2 aromatic carbocycles. The summed E-state index contributed by atoms with van der Waals surface area (Å²) >= 11 is 0. The highest BCUT2D eigenvalue weighted by Gasteiger charge is 2.55. The van der Waals surface area contributed by atoms with Crippen LogP contribution in [0.5, 0.6) is 17.2 Å². The third kappa shape index (κ3) is 3.85. The van der Waals surface area contributed by atoms with Crippen molar-refractivity contribution in [1.29, 1.82) is 0 Å². The quantitative estimate of drug-likeness (QED) is 0.499. The topological polar surface area (TPSA) is 96.0 Å². The summed E-state index contributed by atoms with van der Waals surface area (Å²) in [6, 6.07) is 15.9. The van der Waals surface area contributed by atoms with Crippen LogP contribution in [0.25, 0.3) is 0 Å². The predicted molar refractivity (Wildman–Crippen MR) is 126 cm³/mol. The van der Waals surface area contributed by atoms with Gasteiger partial charge in [0.2, 0.25) is 5.91 Å². The van der Waals surface area contributed by atoms with E-state index >= 15 is 0 Å². The summed E-state index contributed by atoms with van der Waals surface area (Å²) in [5.74, 6) is 1.31. The average molecular weight is 461 g/mol. The van der Waals surface area contributed by atoms with Crippen LogP contribution >= 0.6 is 0 Å². The van der Waals surface area contributed by atoms with Crippen LogP contribution in [0, 0.1) is 5.92 Å². The van der Waals surface area contributed by atoms with Gasteiger partial charge in [0, 0.05) is 30.4 Å². The molecule has 2 aliphatic heterocycles. The van der Waals surface area contributed by atoms with Gasteiger partial charge in [0.05, 0.1) is 25.8 Å². The van der Waals surface area contributed by atoms with Gasteiger partial charge in [-0.25, -0.2) is 10.9 Å². The lowest BCUT2D eigenvalue weighted by Crippen LogP contribution is -2.41. The number of hydrazine groups is 1. The number of rotatable bonds is 7. The van der Waals surface area contributed by atoms with Crippen LogP contribution in [-0.2, 0) is 11.3 Å². The maximum absolute atomic E-state index is 13.6. The third-order valence-corrected chi connectivity index (χ3v) is 6.59. The van der Waals surface area contributed by atoms with Crippen LogP contribution in [0.15, 0.2) is 67.0 Å². The molecule has 4 unspecified atom stereocenters. The standard InChI is InChI=1S/C26H28N4O4/c1-3-34-20-11-10-17(13-21(20)33-2)25-22-23(18-8-4-5-9-19(18)31)28-29-24(22)26(32)30(25)15-16-7-6-12-27-14-16/h4-14,22-25,28-29,31H,3,15H2,1-2H3. The minimum Gasteiger partial charge on any atom is -0.508 e. The number of hydrogen-bond acceptors (Lipinski definition) is 7. The van der Waals surface area contributed by atoms with E-state index in [9.17, 15) is 9.90 Å². The molecule has 176 valence electrons. The van der Waals surface area contributed by atoms with Crippen LogP contribution in [0.1, 0.15) is 35.7 Å². The van der Waals surface area contributed by atoms with Crippen LogP contribution < -0.4 is 20.3 Å². The lowest BCUT2D eigenvalue weighted by atomic mass is 9.83. The highest BCUT2D eigenvalue weighted by atomic mass is 16.5. The number of nitrogens with one attached hydrogen (secondary N) is 2. The van der Waals surface area contributed by atoms with E-state index < -0.39 is 6.04 Å². The Kier molecular flexibility index (Phi) is 6.08. The maximum Gasteiger partial charge on any atom is 0.242 e. The number of pyridine rings is 1. The zero-order valence-electron chi connectivity index (χ0n) is 19.1. The molecule has 34 heavy (non-hydrogen) atoms. The zero-order valence-corrected chi connectivity index (χ0v) is 19.1. The monoisotopic (exact) mass is 460 g/mol. The van der Waals surface area contributed by atoms with Crippen molar-refractivity contribution in [2.45, 2.75) is 31.6 Å². The number of aromatic nitrogens is 1. The Morgan fingerprint density at radius 3 is 2.62 bits per heavy atom. The number of hydrogen-bond donors (Lipinski definition) is 3. The molecule has 3 aromatic rings. The van der Waals surface area contributed by atoms with Crippen molar-refractivity contribution < 1.29 is 19.4 Å². The summed E-state index contributed by atoms with van der Waals surface area (Å²) in [5.41, 5.74) is 9.10. The highest BCUT2D eigenvalue weighted by Crippen LogP contribution is 2.50. The van der Waals surface area contributed by atoms with E-state index in [1.54, 1.807) is 31.6 Å². The normalized spacial score (nSPS) is 23.7. The Morgan fingerprint density at radius 2 is 1.88 bits per heavy atom. The molecule has 1 aromatic heterocycles. The van der Waals surface area contributed by atoms with Gasteiger partial charge >= 0.3 is 0 Å². The summed E-state index contributed by atoms with van der Waals surface area (Å²) in [6.45, 7) is 2.88. The molecule has 2 aliphatic rings. The maximum atomic E-state index is 13.6. The molecule has 0 saturated carbocycles. The van der Waals surface area contributed by atoms with Gasteiger partial charge in [-0.1, -0.05) is 30.3 Å². The smallest absolute Gasteiger partial charge is 0.242 e. The number of benzene rings is 2. The number of nitrogens with zero attached hydrogens (tertiary/aromatic N) is 2. The number of carbonyl (C=O) groups excluding carboxylic acids is 1. The van der Waals surface area contributed by atoms with Crippen LogP contribution in [0.2, 0.25) is 0 Å². The first-order chi connectivity index (χ1) is 16.6. The SMILES string of the molecule is CCOc1ccc(C2C3C(NNC3c3ccccc3O)C(=O)N2Cc2cccnc2)cc1OC. The van der Waals surface area contributed by atoms with E-state index in [4.69, 9.17) is 9.47 Å². The summed E-state index contributed by atoms with van der Waals surface area (Å²) in [4.78, 5) is 19.8. The molecule has 0 radical (unpaired) electrons. The second-order valence-corrected chi connectivity index (χ2v) is 8.50. The molecule has 3 N–H and O–H groups in total. The van der Waals surface area contributed by atoms with Crippen LogP contribution in [-0.4, -0.2) is 40.7 Å². The molecule has 0 spiro atoms. The van der Waals surface area contributed by atoms with Gasteiger partial charge in [0.1, 0.15) is 11.8 Å². The lowest BCUT2D eigenvalue weighted by Gasteiger charge is -2.32.